The molecule has 0 saturated carbocycles. The molecule has 1 N–H and O–H groups in total. The lowest BCUT2D eigenvalue weighted by molar-refractivity contribution is 0.340. The fourth-order valence-electron chi connectivity index (χ4n) is 2.59. The molecule has 5 nitrogen and oxygen atoms in total. The van der Waals surface area contributed by atoms with Crippen LogP contribution in [-0.4, -0.2) is 21.2 Å². The Hall–Kier alpha value is -2.64. The van der Waals surface area contributed by atoms with Crippen LogP contribution in [0.3, 0.4) is 0 Å². The lowest BCUT2D eigenvalue weighted by atomic mass is 10.2. The average Bonchev–Trinajstić information content (AvgIpc) is 2.70. The van der Waals surface area contributed by atoms with E-state index in [2.05, 4.69) is 25.6 Å². The van der Waals surface area contributed by atoms with Gasteiger partial charge in [-0.2, -0.15) is 0 Å². The Bertz CT molecular complexity index is 1110. The van der Waals surface area contributed by atoms with Crippen LogP contribution in [0.25, 0.3) is 0 Å². The number of aryl methyl sites for hydroxylation is 1. The first-order valence-corrected chi connectivity index (χ1v) is 11.3. The van der Waals surface area contributed by atoms with E-state index in [-0.39, 0.29) is 4.90 Å². The van der Waals surface area contributed by atoms with E-state index < -0.39 is 10.0 Å². The molecule has 0 aromatic heterocycles. The third kappa shape index (κ3) is 5.68. The van der Waals surface area contributed by atoms with Crippen molar-refractivity contribution in [3.8, 4) is 5.75 Å². The molecule has 0 radical (unpaired) electrons. The molecule has 150 valence electrons. The first kappa shape index (κ1) is 21.1. The maximum Gasteiger partial charge on any atom is 0.261 e. The van der Waals surface area contributed by atoms with Crippen molar-refractivity contribution in [2.24, 2.45) is 4.99 Å². The molecule has 0 atom stereocenters. The van der Waals surface area contributed by atoms with Crippen LogP contribution in [0, 0.1) is 6.92 Å². The van der Waals surface area contributed by atoms with Gasteiger partial charge in [0.2, 0.25) is 0 Å². The van der Waals surface area contributed by atoms with Gasteiger partial charge in [-0.25, -0.2) is 8.42 Å². The third-order valence-corrected chi connectivity index (χ3v) is 5.96. The Labute approximate surface area is 179 Å². The minimum Gasteiger partial charge on any atom is -0.494 e. The second-order valence-electron chi connectivity index (χ2n) is 6.34. The van der Waals surface area contributed by atoms with Gasteiger partial charge < -0.3 is 4.74 Å². The summed E-state index contributed by atoms with van der Waals surface area (Å²) in [5.74, 6) is 0.778. The fourth-order valence-corrected chi connectivity index (χ4v) is 4.06. The van der Waals surface area contributed by atoms with Crippen molar-refractivity contribution in [2.45, 2.75) is 18.7 Å². The number of rotatable bonds is 7. The average molecular weight is 473 g/mol. The first-order valence-electron chi connectivity index (χ1n) is 9.03. The fraction of sp³-hybridized carbons (Fsp3) is 0.136. The van der Waals surface area contributed by atoms with Gasteiger partial charge in [-0.3, -0.25) is 9.71 Å². The summed E-state index contributed by atoms with van der Waals surface area (Å²) in [5, 5.41) is 0. The SMILES string of the molecule is CCOc1ccc(N=Cc2cc(Br)ccc2NS(=O)(=O)c2ccc(C)cc2)cc1. The van der Waals surface area contributed by atoms with Crippen molar-refractivity contribution in [3.63, 3.8) is 0 Å². The molecule has 0 aliphatic rings. The quantitative estimate of drug-likeness (QED) is 0.447. The molecule has 0 saturated heterocycles. The number of aliphatic imine (C=N–C) groups is 1. The lowest BCUT2D eigenvalue weighted by Gasteiger charge is -2.11. The molecular formula is C22H21BrN2O3S. The highest BCUT2D eigenvalue weighted by molar-refractivity contribution is 9.10. The summed E-state index contributed by atoms with van der Waals surface area (Å²) in [4.78, 5) is 4.67. The van der Waals surface area contributed by atoms with Crippen LogP contribution in [0.15, 0.2) is 81.1 Å². The monoisotopic (exact) mass is 472 g/mol. The van der Waals surface area contributed by atoms with Gasteiger partial charge in [-0.15, -0.1) is 0 Å². The Morgan fingerprint density at radius 2 is 1.72 bits per heavy atom. The number of nitrogens with zero attached hydrogens (tertiary/aromatic N) is 1. The molecule has 0 aliphatic carbocycles. The Morgan fingerprint density at radius 3 is 2.38 bits per heavy atom. The van der Waals surface area contributed by atoms with Crippen LogP contribution < -0.4 is 9.46 Å². The minimum atomic E-state index is -3.70. The van der Waals surface area contributed by atoms with E-state index in [0.717, 1.165) is 21.5 Å². The van der Waals surface area contributed by atoms with Gasteiger partial charge in [0.15, 0.2) is 0 Å². The van der Waals surface area contributed by atoms with Crippen molar-refractivity contribution < 1.29 is 13.2 Å². The number of nitrogens with one attached hydrogen (secondary N) is 1. The molecule has 7 heteroatoms. The van der Waals surface area contributed by atoms with Crippen molar-refractivity contribution in [1.29, 1.82) is 0 Å². The second-order valence-corrected chi connectivity index (χ2v) is 8.93. The number of hydrogen-bond acceptors (Lipinski definition) is 4. The van der Waals surface area contributed by atoms with Crippen LogP contribution in [0.2, 0.25) is 0 Å². The number of hydrogen-bond donors (Lipinski definition) is 1. The van der Waals surface area contributed by atoms with Gasteiger partial charge in [0.1, 0.15) is 5.75 Å². The van der Waals surface area contributed by atoms with Crippen LogP contribution in [0.4, 0.5) is 11.4 Å². The summed E-state index contributed by atoms with van der Waals surface area (Å²) in [7, 11) is -3.70. The molecular weight excluding hydrogens is 452 g/mol. The topological polar surface area (TPSA) is 67.8 Å². The van der Waals surface area contributed by atoms with Gasteiger partial charge in [0, 0.05) is 16.3 Å². The smallest absolute Gasteiger partial charge is 0.261 e. The van der Waals surface area contributed by atoms with Gasteiger partial charge in [-0.05, 0) is 68.4 Å². The highest BCUT2D eigenvalue weighted by Crippen LogP contribution is 2.24. The molecule has 0 aliphatic heterocycles. The van der Waals surface area contributed by atoms with Gasteiger partial charge in [-0.1, -0.05) is 33.6 Å². The normalized spacial score (nSPS) is 11.6. The molecule has 0 amide bonds. The number of anilines is 1. The standard InChI is InChI=1S/C22H21BrN2O3S/c1-3-28-20-9-7-19(8-10-20)24-15-17-14-18(23)6-13-22(17)25-29(26,27)21-11-4-16(2)5-12-21/h4-15,25H,3H2,1-2H3. The summed E-state index contributed by atoms with van der Waals surface area (Å²) in [6.45, 7) is 4.44. The van der Waals surface area contributed by atoms with E-state index in [9.17, 15) is 8.42 Å². The molecule has 0 bridgehead atoms. The van der Waals surface area contributed by atoms with Crippen LogP contribution in [-0.2, 0) is 10.0 Å². The zero-order chi connectivity index (χ0) is 20.9. The molecule has 3 aromatic carbocycles. The maximum atomic E-state index is 12.7. The van der Waals surface area contributed by atoms with E-state index in [4.69, 9.17) is 4.74 Å². The van der Waals surface area contributed by atoms with Crippen LogP contribution in [0.5, 0.6) is 5.75 Å². The molecule has 3 rings (SSSR count). The maximum absolute atomic E-state index is 12.7. The van der Waals surface area contributed by atoms with Gasteiger partial charge in [0.25, 0.3) is 10.0 Å². The number of benzene rings is 3. The van der Waals surface area contributed by atoms with E-state index in [0.29, 0.717) is 17.9 Å². The Balaban J connectivity index is 1.86. The zero-order valence-electron chi connectivity index (χ0n) is 16.1. The zero-order valence-corrected chi connectivity index (χ0v) is 18.5. The number of ether oxygens (including phenoxy) is 1. The van der Waals surface area contributed by atoms with E-state index >= 15 is 0 Å². The van der Waals surface area contributed by atoms with E-state index in [1.165, 1.54) is 0 Å². The molecule has 29 heavy (non-hydrogen) atoms. The predicted octanol–water partition coefficient (Wildman–Crippen LogP) is 5.71. The van der Waals surface area contributed by atoms with Crippen LogP contribution >= 0.6 is 15.9 Å². The third-order valence-electron chi connectivity index (χ3n) is 4.09. The Kier molecular flexibility index (Phi) is 6.71. The second kappa shape index (κ2) is 9.24. The molecule has 3 aromatic rings. The summed E-state index contributed by atoms with van der Waals surface area (Å²) >= 11 is 3.43. The first-order chi connectivity index (χ1) is 13.9. The summed E-state index contributed by atoms with van der Waals surface area (Å²) in [5.41, 5.74) is 2.82. The van der Waals surface area contributed by atoms with Gasteiger partial charge in [0.05, 0.1) is 22.9 Å². The minimum absolute atomic E-state index is 0.209. The van der Waals surface area contributed by atoms with Crippen molar-refractivity contribution in [2.75, 3.05) is 11.3 Å². The Morgan fingerprint density at radius 1 is 1.03 bits per heavy atom. The highest BCUT2D eigenvalue weighted by atomic mass is 79.9. The number of sulfonamides is 1. The lowest BCUT2D eigenvalue weighted by Crippen LogP contribution is -2.14. The van der Waals surface area contributed by atoms with Gasteiger partial charge >= 0.3 is 0 Å². The molecule has 0 heterocycles. The molecule has 0 unspecified atom stereocenters. The largest absolute Gasteiger partial charge is 0.494 e. The van der Waals surface area contributed by atoms with E-state index in [1.54, 1.807) is 42.6 Å². The van der Waals surface area contributed by atoms with Crippen molar-refractivity contribution >= 4 is 43.5 Å². The summed E-state index contributed by atoms with van der Waals surface area (Å²) in [6.07, 6.45) is 1.63. The molecule has 0 fully saturated rings. The highest BCUT2D eigenvalue weighted by Gasteiger charge is 2.15. The summed E-state index contributed by atoms with van der Waals surface area (Å²) < 4.78 is 34.4. The summed E-state index contributed by atoms with van der Waals surface area (Å²) in [6, 6.07) is 19.4. The predicted molar refractivity (Wildman–Crippen MR) is 121 cm³/mol. The molecule has 0 spiro atoms. The van der Waals surface area contributed by atoms with Crippen molar-refractivity contribution in [3.05, 3.63) is 82.3 Å². The van der Waals surface area contributed by atoms with Crippen LogP contribution in [0.1, 0.15) is 18.1 Å². The number of halogens is 1. The van der Waals surface area contributed by atoms with Crippen molar-refractivity contribution in [1.82, 2.24) is 0 Å². The van der Waals surface area contributed by atoms with E-state index in [1.807, 2.05) is 44.2 Å².